The minimum Gasteiger partial charge on any atom is -0.478 e. The molecule has 2 aromatic carbocycles. The topological polar surface area (TPSA) is 90.8 Å². The Morgan fingerprint density at radius 2 is 2.04 bits per heavy atom. The standard InChI is InChI=1S/C17H13N3O3S/c21-15-7-12-13(20-15)5-6-14-16(12)24(9-19-14)8-18-11-3-1-10(2-4-11)17(22)23/h1-6,8-9,18H,7H2,(H,20,21)(H,22,23). The van der Waals surface area contributed by atoms with Crippen molar-refractivity contribution < 1.29 is 14.7 Å². The number of hydrogen-bond acceptors (Lipinski definition) is 3. The Hall–Kier alpha value is -2.93. The first kappa shape index (κ1) is 14.6. The van der Waals surface area contributed by atoms with Crippen molar-refractivity contribution in [2.45, 2.75) is 11.3 Å². The van der Waals surface area contributed by atoms with Gasteiger partial charge in [-0.2, -0.15) is 0 Å². The van der Waals surface area contributed by atoms with Crippen molar-refractivity contribution in [3.63, 3.8) is 0 Å². The van der Waals surface area contributed by atoms with Gasteiger partial charge in [0.1, 0.15) is 0 Å². The third-order valence-electron chi connectivity index (χ3n) is 3.88. The van der Waals surface area contributed by atoms with Crippen LogP contribution in [0.3, 0.4) is 0 Å². The van der Waals surface area contributed by atoms with E-state index < -0.39 is 5.97 Å². The maximum absolute atomic E-state index is 11.7. The summed E-state index contributed by atoms with van der Waals surface area (Å²) in [6, 6.07) is 10.4. The minimum atomic E-state index is -0.947. The minimum absolute atomic E-state index is 0.00562. The molecule has 4 rings (SSSR count). The van der Waals surface area contributed by atoms with Gasteiger partial charge in [0.15, 0.2) is 0 Å². The summed E-state index contributed by atoms with van der Waals surface area (Å²) < 4.78 is 0. The van der Waals surface area contributed by atoms with Crippen LogP contribution >= 0.6 is 10.5 Å². The lowest BCUT2D eigenvalue weighted by atomic mass is 10.1. The first-order valence-corrected chi connectivity index (χ1v) is 8.62. The number of rotatable bonds is 3. The number of carboxylic acids is 1. The zero-order valence-electron chi connectivity index (χ0n) is 12.4. The van der Waals surface area contributed by atoms with Crippen molar-refractivity contribution >= 4 is 50.5 Å². The number of aromatic carboxylic acids is 1. The highest BCUT2D eigenvalue weighted by atomic mass is 32.2. The van der Waals surface area contributed by atoms with Crippen LogP contribution in [0.2, 0.25) is 0 Å². The molecule has 1 unspecified atom stereocenters. The van der Waals surface area contributed by atoms with Gasteiger partial charge >= 0.3 is 5.97 Å². The molecule has 7 heteroatoms. The zero-order chi connectivity index (χ0) is 16.7. The van der Waals surface area contributed by atoms with Crippen LogP contribution in [-0.2, 0) is 11.2 Å². The molecule has 0 saturated carbocycles. The summed E-state index contributed by atoms with van der Waals surface area (Å²) in [6.45, 7) is 0. The highest BCUT2D eigenvalue weighted by Crippen LogP contribution is 2.46. The monoisotopic (exact) mass is 339 g/mol. The second-order valence-corrected chi connectivity index (χ2v) is 7.01. The number of nitrogens with one attached hydrogen (secondary N) is 2. The van der Waals surface area contributed by atoms with Crippen molar-refractivity contribution in [1.82, 2.24) is 0 Å². The molecule has 1 amide bonds. The molecule has 0 spiro atoms. The Morgan fingerprint density at radius 1 is 1.25 bits per heavy atom. The molecule has 0 bridgehead atoms. The van der Waals surface area contributed by atoms with Gasteiger partial charge in [-0.3, -0.25) is 4.79 Å². The van der Waals surface area contributed by atoms with Crippen molar-refractivity contribution in [3.8, 4) is 0 Å². The summed E-state index contributed by atoms with van der Waals surface area (Å²) in [5.74, 6) is -0.942. The SMILES string of the molecule is O=C1Cc2c(ccc3c2/S(=C/Nc2ccc(C(=O)O)cc2)C=N3)N1. The summed E-state index contributed by atoms with van der Waals surface area (Å²) in [5, 5.41) is 15.0. The van der Waals surface area contributed by atoms with E-state index in [9.17, 15) is 9.59 Å². The summed E-state index contributed by atoms with van der Waals surface area (Å²) in [5.41, 5.74) is 7.61. The fraction of sp³-hybridized carbons (Fsp3) is 0.0588. The quantitative estimate of drug-likeness (QED) is 0.750. The van der Waals surface area contributed by atoms with Gasteiger partial charge in [-0.15, -0.1) is 0 Å². The molecule has 2 heterocycles. The molecule has 0 radical (unpaired) electrons. The van der Waals surface area contributed by atoms with Gasteiger partial charge in [-0.25, -0.2) is 9.79 Å². The Morgan fingerprint density at radius 3 is 2.79 bits per heavy atom. The van der Waals surface area contributed by atoms with E-state index in [1.165, 1.54) is 0 Å². The lowest BCUT2D eigenvalue weighted by Gasteiger charge is -2.08. The number of aliphatic imine (C=N–C) groups is 1. The molecule has 120 valence electrons. The number of benzene rings is 2. The predicted molar refractivity (Wildman–Crippen MR) is 95.9 cm³/mol. The third-order valence-corrected chi connectivity index (χ3v) is 5.51. The maximum Gasteiger partial charge on any atom is 0.335 e. The summed E-state index contributed by atoms with van der Waals surface area (Å²) in [6.07, 6.45) is 0.381. The van der Waals surface area contributed by atoms with Gasteiger partial charge < -0.3 is 15.7 Å². The molecule has 2 aliphatic rings. The molecule has 0 aromatic heterocycles. The van der Waals surface area contributed by atoms with E-state index in [2.05, 4.69) is 15.6 Å². The van der Waals surface area contributed by atoms with Crippen LogP contribution in [0.15, 0.2) is 46.3 Å². The van der Waals surface area contributed by atoms with E-state index in [1.807, 2.05) is 23.2 Å². The number of carbonyl (C=O) groups excluding carboxylic acids is 1. The van der Waals surface area contributed by atoms with Crippen molar-refractivity contribution in [2.24, 2.45) is 4.99 Å². The normalized spacial score (nSPS) is 17.5. The molecule has 2 aliphatic heterocycles. The number of carbonyl (C=O) groups is 2. The summed E-state index contributed by atoms with van der Waals surface area (Å²) in [4.78, 5) is 28.0. The molecular formula is C17H13N3O3S. The molecule has 3 N–H and O–H groups in total. The molecule has 2 aromatic rings. The Labute approximate surface area is 140 Å². The van der Waals surface area contributed by atoms with Gasteiger partial charge in [0, 0.05) is 27.3 Å². The number of fused-ring (bicyclic) bond motifs is 3. The van der Waals surface area contributed by atoms with Gasteiger partial charge in [0.05, 0.1) is 23.2 Å². The first-order valence-electron chi connectivity index (χ1n) is 7.27. The summed E-state index contributed by atoms with van der Waals surface area (Å²) in [7, 11) is -0.350. The average molecular weight is 339 g/mol. The van der Waals surface area contributed by atoms with Crippen molar-refractivity contribution in [3.05, 3.63) is 47.5 Å². The van der Waals surface area contributed by atoms with Crippen LogP contribution in [0.4, 0.5) is 17.1 Å². The number of nitrogens with zero attached hydrogens (tertiary/aromatic N) is 1. The fourth-order valence-electron chi connectivity index (χ4n) is 2.72. The van der Waals surface area contributed by atoms with Gasteiger partial charge in [-0.1, -0.05) is 10.5 Å². The number of amides is 1. The van der Waals surface area contributed by atoms with Gasteiger partial charge in [-0.05, 0) is 36.4 Å². The number of anilines is 2. The Balaban J connectivity index is 1.63. The third kappa shape index (κ3) is 2.48. The largest absolute Gasteiger partial charge is 0.478 e. The molecule has 6 nitrogen and oxygen atoms in total. The van der Waals surface area contributed by atoms with Crippen LogP contribution in [0, 0.1) is 0 Å². The fourth-order valence-corrected chi connectivity index (χ4v) is 4.33. The van der Waals surface area contributed by atoms with Crippen LogP contribution in [0.25, 0.3) is 0 Å². The van der Waals surface area contributed by atoms with Crippen LogP contribution in [0.5, 0.6) is 0 Å². The van der Waals surface area contributed by atoms with E-state index in [-0.39, 0.29) is 22.0 Å². The number of carboxylic acid groups (broad SMARTS) is 1. The van der Waals surface area contributed by atoms with E-state index in [1.54, 1.807) is 24.3 Å². The molecule has 0 saturated heterocycles. The average Bonchev–Trinajstić information content (AvgIpc) is 3.15. The second-order valence-electron chi connectivity index (χ2n) is 5.42. The van der Waals surface area contributed by atoms with E-state index in [0.717, 1.165) is 27.5 Å². The van der Waals surface area contributed by atoms with Crippen molar-refractivity contribution in [2.75, 3.05) is 10.6 Å². The smallest absolute Gasteiger partial charge is 0.335 e. The molecule has 24 heavy (non-hydrogen) atoms. The molecular weight excluding hydrogens is 326 g/mol. The number of hydrogen-bond donors (Lipinski definition) is 3. The maximum atomic E-state index is 11.7. The second kappa shape index (κ2) is 5.61. The zero-order valence-corrected chi connectivity index (χ0v) is 13.3. The lowest BCUT2D eigenvalue weighted by molar-refractivity contribution is -0.115. The van der Waals surface area contributed by atoms with E-state index in [0.29, 0.717) is 6.42 Å². The van der Waals surface area contributed by atoms with Crippen LogP contribution in [-0.4, -0.2) is 28.0 Å². The Bertz CT molecular complexity index is 933. The van der Waals surface area contributed by atoms with Crippen molar-refractivity contribution in [1.29, 1.82) is 0 Å². The lowest BCUT2D eigenvalue weighted by Crippen LogP contribution is -2.03. The first-order chi connectivity index (χ1) is 11.6. The summed E-state index contributed by atoms with van der Waals surface area (Å²) >= 11 is 0. The van der Waals surface area contributed by atoms with Gasteiger partial charge in [0.25, 0.3) is 0 Å². The Kier molecular flexibility index (Phi) is 3.42. The van der Waals surface area contributed by atoms with Crippen LogP contribution in [0.1, 0.15) is 15.9 Å². The van der Waals surface area contributed by atoms with Gasteiger partial charge in [0.2, 0.25) is 5.91 Å². The van der Waals surface area contributed by atoms with Crippen LogP contribution < -0.4 is 10.6 Å². The highest BCUT2D eigenvalue weighted by molar-refractivity contribution is 8.26. The predicted octanol–water partition coefficient (Wildman–Crippen LogP) is 3.05. The van der Waals surface area contributed by atoms with E-state index >= 15 is 0 Å². The molecule has 0 fully saturated rings. The molecule has 1 atom stereocenters. The molecule has 0 aliphatic carbocycles. The van der Waals surface area contributed by atoms with E-state index in [4.69, 9.17) is 5.11 Å². The highest BCUT2D eigenvalue weighted by Gasteiger charge is 2.26.